The van der Waals surface area contributed by atoms with Crippen molar-refractivity contribution in [3.05, 3.63) is 17.5 Å². The number of rotatable bonds is 2. The summed E-state index contributed by atoms with van der Waals surface area (Å²) in [5, 5.41) is 18.3. The van der Waals surface area contributed by atoms with Gasteiger partial charge in [0.05, 0.1) is 6.10 Å². The van der Waals surface area contributed by atoms with Crippen molar-refractivity contribution in [2.75, 3.05) is 18.0 Å². The number of carboxylic acid groups (broad SMARTS) is 1. The minimum absolute atomic E-state index is 0.0103. The molecule has 0 saturated carbocycles. The molecule has 0 bridgehead atoms. The Hall–Kier alpha value is -1.69. The molecule has 1 atom stereocenters. The predicted molar refractivity (Wildman–Crippen MR) is 56.6 cm³/mol. The van der Waals surface area contributed by atoms with E-state index in [4.69, 9.17) is 5.11 Å². The molecule has 16 heavy (non-hydrogen) atoms. The van der Waals surface area contributed by atoms with Crippen LogP contribution in [0.5, 0.6) is 0 Å². The van der Waals surface area contributed by atoms with Gasteiger partial charge in [0.1, 0.15) is 0 Å². The van der Waals surface area contributed by atoms with Crippen LogP contribution < -0.4 is 4.90 Å². The summed E-state index contributed by atoms with van der Waals surface area (Å²) in [4.78, 5) is 20.7. The van der Waals surface area contributed by atoms with Gasteiger partial charge in [-0.3, -0.25) is 0 Å². The molecule has 0 amide bonds. The van der Waals surface area contributed by atoms with Crippen LogP contribution in [0.4, 0.5) is 5.95 Å². The summed E-state index contributed by atoms with van der Waals surface area (Å²) >= 11 is 0. The van der Waals surface area contributed by atoms with Gasteiger partial charge >= 0.3 is 5.97 Å². The van der Waals surface area contributed by atoms with Gasteiger partial charge in [0.15, 0.2) is 5.69 Å². The maximum absolute atomic E-state index is 10.8. The van der Waals surface area contributed by atoms with Crippen LogP contribution in [0.1, 0.15) is 22.6 Å². The molecule has 0 aliphatic carbocycles. The minimum atomic E-state index is -1.06. The van der Waals surface area contributed by atoms with Crippen LogP contribution in [0, 0.1) is 6.92 Å². The SMILES string of the molecule is Cc1cc(C(=O)O)nc(N2CCC(O)C2)n1. The first-order chi connectivity index (χ1) is 7.56. The van der Waals surface area contributed by atoms with E-state index >= 15 is 0 Å². The lowest BCUT2D eigenvalue weighted by Gasteiger charge is -2.15. The molecule has 1 fully saturated rings. The average molecular weight is 223 g/mol. The van der Waals surface area contributed by atoms with Crippen molar-refractivity contribution < 1.29 is 15.0 Å². The van der Waals surface area contributed by atoms with E-state index in [1.165, 1.54) is 6.07 Å². The van der Waals surface area contributed by atoms with Gasteiger partial charge in [-0.05, 0) is 19.4 Å². The van der Waals surface area contributed by atoms with E-state index in [1.54, 1.807) is 11.8 Å². The Morgan fingerprint density at radius 3 is 2.88 bits per heavy atom. The molecule has 0 radical (unpaired) electrons. The summed E-state index contributed by atoms with van der Waals surface area (Å²) in [6.45, 7) is 2.84. The summed E-state index contributed by atoms with van der Waals surface area (Å²) in [6.07, 6.45) is 0.289. The summed E-state index contributed by atoms with van der Waals surface area (Å²) in [6, 6.07) is 1.43. The van der Waals surface area contributed by atoms with Crippen LogP contribution in [0.15, 0.2) is 6.07 Å². The standard InChI is InChI=1S/C10H13N3O3/c1-6-4-8(9(15)16)12-10(11-6)13-3-2-7(14)5-13/h4,7,14H,2-3,5H2,1H3,(H,15,16). The molecule has 1 aromatic heterocycles. The number of aromatic nitrogens is 2. The van der Waals surface area contributed by atoms with Crippen molar-refractivity contribution in [2.45, 2.75) is 19.4 Å². The molecular weight excluding hydrogens is 210 g/mol. The predicted octanol–water partition coefficient (Wildman–Crippen LogP) is 0.0542. The molecule has 1 unspecified atom stereocenters. The van der Waals surface area contributed by atoms with E-state index in [9.17, 15) is 9.90 Å². The molecule has 1 aliphatic rings. The largest absolute Gasteiger partial charge is 0.477 e. The number of aliphatic hydroxyl groups is 1. The molecule has 1 aromatic rings. The Kier molecular flexibility index (Phi) is 2.74. The molecule has 1 aliphatic heterocycles. The quantitative estimate of drug-likeness (QED) is 0.737. The lowest BCUT2D eigenvalue weighted by Crippen LogP contribution is -2.24. The number of carboxylic acids is 1. The van der Waals surface area contributed by atoms with Crippen LogP contribution in [-0.2, 0) is 0 Å². The van der Waals surface area contributed by atoms with Crippen molar-refractivity contribution in [1.82, 2.24) is 9.97 Å². The van der Waals surface area contributed by atoms with E-state index in [1.807, 2.05) is 0 Å². The topological polar surface area (TPSA) is 86.5 Å². The molecule has 86 valence electrons. The first-order valence-corrected chi connectivity index (χ1v) is 5.08. The van der Waals surface area contributed by atoms with Crippen molar-refractivity contribution >= 4 is 11.9 Å². The molecule has 0 aromatic carbocycles. The van der Waals surface area contributed by atoms with Gasteiger partial charge in [0.2, 0.25) is 5.95 Å². The number of hydrogen-bond acceptors (Lipinski definition) is 5. The van der Waals surface area contributed by atoms with E-state index in [0.717, 1.165) is 0 Å². The second-order valence-electron chi connectivity index (χ2n) is 3.89. The molecule has 2 heterocycles. The van der Waals surface area contributed by atoms with Crippen molar-refractivity contribution in [3.63, 3.8) is 0 Å². The Morgan fingerprint density at radius 1 is 1.56 bits per heavy atom. The third-order valence-corrected chi connectivity index (χ3v) is 2.51. The van der Waals surface area contributed by atoms with Crippen LogP contribution in [-0.4, -0.2) is 45.3 Å². The molecule has 6 nitrogen and oxygen atoms in total. The smallest absolute Gasteiger partial charge is 0.354 e. The van der Waals surface area contributed by atoms with Crippen LogP contribution >= 0.6 is 0 Å². The second kappa shape index (κ2) is 4.05. The summed E-state index contributed by atoms with van der Waals surface area (Å²) in [5.41, 5.74) is 0.604. The van der Waals surface area contributed by atoms with Crippen molar-refractivity contribution in [3.8, 4) is 0 Å². The molecule has 2 rings (SSSR count). The number of hydrogen-bond donors (Lipinski definition) is 2. The number of aliphatic hydroxyl groups excluding tert-OH is 1. The average Bonchev–Trinajstić information content (AvgIpc) is 2.64. The zero-order valence-electron chi connectivity index (χ0n) is 8.92. The fourth-order valence-electron chi connectivity index (χ4n) is 1.73. The lowest BCUT2D eigenvalue weighted by atomic mass is 10.3. The van der Waals surface area contributed by atoms with E-state index in [0.29, 0.717) is 31.2 Å². The third kappa shape index (κ3) is 2.11. The fourth-order valence-corrected chi connectivity index (χ4v) is 1.73. The Morgan fingerprint density at radius 2 is 2.31 bits per heavy atom. The van der Waals surface area contributed by atoms with E-state index in [-0.39, 0.29) is 11.8 Å². The molecule has 1 saturated heterocycles. The number of β-amino-alcohol motifs (C(OH)–C–C–N with tert-alkyl or cyclic N) is 1. The third-order valence-electron chi connectivity index (χ3n) is 2.51. The Bertz CT molecular complexity index is 422. The molecule has 2 N–H and O–H groups in total. The highest BCUT2D eigenvalue weighted by Crippen LogP contribution is 2.17. The van der Waals surface area contributed by atoms with Gasteiger partial charge in [-0.2, -0.15) is 0 Å². The first kappa shape index (κ1) is 10.8. The van der Waals surface area contributed by atoms with Crippen LogP contribution in [0.25, 0.3) is 0 Å². The minimum Gasteiger partial charge on any atom is -0.477 e. The molecule has 0 spiro atoms. The normalized spacial score (nSPS) is 20.1. The molecule has 6 heteroatoms. The highest BCUT2D eigenvalue weighted by atomic mass is 16.4. The van der Waals surface area contributed by atoms with Gasteiger partial charge in [-0.15, -0.1) is 0 Å². The number of carbonyl (C=O) groups is 1. The van der Waals surface area contributed by atoms with Gasteiger partial charge in [-0.1, -0.05) is 0 Å². The first-order valence-electron chi connectivity index (χ1n) is 5.08. The maximum Gasteiger partial charge on any atom is 0.354 e. The summed E-state index contributed by atoms with van der Waals surface area (Å²) < 4.78 is 0. The molecular formula is C10H13N3O3. The zero-order valence-corrected chi connectivity index (χ0v) is 8.92. The maximum atomic E-state index is 10.8. The van der Waals surface area contributed by atoms with E-state index < -0.39 is 5.97 Å². The Labute approximate surface area is 92.6 Å². The van der Waals surface area contributed by atoms with E-state index in [2.05, 4.69) is 9.97 Å². The zero-order chi connectivity index (χ0) is 11.7. The van der Waals surface area contributed by atoms with Crippen LogP contribution in [0.2, 0.25) is 0 Å². The highest BCUT2D eigenvalue weighted by Gasteiger charge is 2.23. The fraction of sp³-hybridized carbons (Fsp3) is 0.500. The number of nitrogens with zero attached hydrogens (tertiary/aromatic N) is 3. The number of anilines is 1. The van der Waals surface area contributed by atoms with Gasteiger partial charge in [0.25, 0.3) is 0 Å². The van der Waals surface area contributed by atoms with Crippen molar-refractivity contribution in [1.29, 1.82) is 0 Å². The monoisotopic (exact) mass is 223 g/mol. The summed E-state index contributed by atoms with van der Waals surface area (Å²) in [7, 11) is 0. The number of aryl methyl sites for hydroxylation is 1. The van der Waals surface area contributed by atoms with Crippen molar-refractivity contribution in [2.24, 2.45) is 0 Å². The lowest BCUT2D eigenvalue weighted by molar-refractivity contribution is 0.0690. The van der Waals surface area contributed by atoms with Gasteiger partial charge < -0.3 is 15.1 Å². The highest BCUT2D eigenvalue weighted by molar-refractivity contribution is 5.85. The second-order valence-corrected chi connectivity index (χ2v) is 3.89. The van der Waals surface area contributed by atoms with Crippen LogP contribution in [0.3, 0.4) is 0 Å². The Balaban J connectivity index is 2.30. The number of aromatic carboxylic acids is 1. The van der Waals surface area contributed by atoms with Gasteiger partial charge in [-0.25, -0.2) is 14.8 Å². The van der Waals surface area contributed by atoms with Gasteiger partial charge in [0, 0.05) is 18.8 Å². The summed E-state index contributed by atoms with van der Waals surface area (Å²) in [5.74, 6) is -0.680.